The van der Waals surface area contributed by atoms with E-state index in [0.29, 0.717) is 16.4 Å². The highest BCUT2D eigenvalue weighted by atomic mass is 32.2. The first-order valence-electron chi connectivity index (χ1n) is 8.61. The molecule has 0 saturated heterocycles. The lowest BCUT2D eigenvalue weighted by atomic mass is 10.00. The summed E-state index contributed by atoms with van der Waals surface area (Å²) < 4.78 is 27.8. The number of phenols is 2. The van der Waals surface area contributed by atoms with E-state index in [4.69, 9.17) is 6.17 Å². The van der Waals surface area contributed by atoms with Gasteiger partial charge in [0.25, 0.3) is 1.43 Å². The minimum Gasteiger partial charge on any atom is -0.508 e. The molecule has 0 saturated carbocycles. The molecule has 0 spiro atoms. The Kier molecular flexibility index (Phi) is 3.94. The van der Waals surface area contributed by atoms with Crippen LogP contribution in [0.1, 0.15) is 28.0 Å². The molecule has 0 aliphatic carbocycles. The molecule has 3 nitrogen and oxygen atoms in total. The molecule has 0 amide bonds. The van der Waals surface area contributed by atoms with Crippen LogP contribution in [-0.4, -0.2) is 11.6 Å². The highest BCUT2D eigenvalue weighted by molar-refractivity contribution is 7.99. The maximum absolute atomic E-state index is 14.5. The van der Waals surface area contributed by atoms with E-state index >= 15 is 0 Å². The van der Waals surface area contributed by atoms with E-state index in [-0.39, 0.29) is 22.9 Å². The van der Waals surface area contributed by atoms with Crippen molar-refractivity contribution in [1.82, 2.24) is 0 Å². The second kappa shape index (κ2) is 6.57. The summed E-state index contributed by atoms with van der Waals surface area (Å²) in [5, 5.41) is 13.9. The Balaban J connectivity index is 1.79. The summed E-state index contributed by atoms with van der Waals surface area (Å²) in [6, 6.07) is 17.3. The Morgan fingerprint density at radius 2 is 1.65 bits per heavy atom. The topological polar surface area (TPSA) is 49.7 Å². The van der Waals surface area contributed by atoms with E-state index in [1.165, 1.54) is 17.8 Å². The van der Waals surface area contributed by atoms with Crippen molar-refractivity contribution in [3.8, 4) is 17.2 Å². The van der Waals surface area contributed by atoms with Crippen molar-refractivity contribution in [1.29, 1.82) is 1.43 Å². The molecule has 3 aromatic rings. The summed E-state index contributed by atoms with van der Waals surface area (Å²) >= 11 is 1.42. The van der Waals surface area contributed by atoms with Crippen LogP contribution >= 0.6 is 11.8 Å². The summed E-state index contributed by atoms with van der Waals surface area (Å²) in [5.74, 6) is 0.843. The van der Waals surface area contributed by atoms with E-state index in [1.807, 2.05) is 37.3 Å². The second-order valence-corrected chi connectivity index (χ2v) is 7.46. The third kappa shape index (κ3) is 3.10. The lowest BCUT2D eigenvalue weighted by molar-refractivity contribution is 0.188. The minimum absolute atomic E-state index is 0.179. The molecule has 4 rings (SSSR count). The smallest absolute Gasteiger partial charge is 0.293 e. The molecule has 3 aromatic carbocycles. The number of hydrogen-bond acceptors (Lipinski definition) is 4. The number of aromatic hydroxyl groups is 2. The van der Waals surface area contributed by atoms with Crippen LogP contribution in [-0.2, 0) is 0 Å². The zero-order valence-electron chi connectivity index (χ0n) is 15.0. The normalized spacial score (nSPS) is 19.2. The quantitative estimate of drug-likeness (QED) is 0.638. The van der Waals surface area contributed by atoms with Crippen molar-refractivity contribution < 1.29 is 19.3 Å². The Hall–Kier alpha value is -2.66. The molecule has 0 radical (unpaired) electrons. The van der Waals surface area contributed by atoms with Crippen molar-refractivity contribution >= 4 is 11.8 Å². The van der Waals surface area contributed by atoms with Crippen molar-refractivity contribution in [3.05, 3.63) is 83.2 Å². The van der Waals surface area contributed by atoms with Gasteiger partial charge in [0.15, 0.2) is 0 Å². The number of hydrogen-bond donors (Lipinski definition) is 2. The molecule has 1 aliphatic heterocycles. The first-order chi connectivity index (χ1) is 13.0. The van der Waals surface area contributed by atoms with Gasteiger partial charge in [0.05, 0.1) is 10.1 Å². The molecule has 2 atom stereocenters. The van der Waals surface area contributed by atoms with Crippen molar-refractivity contribution in [2.45, 2.75) is 23.2 Å². The molecule has 26 heavy (non-hydrogen) atoms. The summed E-state index contributed by atoms with van der Waals surface area (Å²) in [6.45, 7) is 1.83. The van der Waals surface area contributed by atoms with Crippen molar-refractivity contribution in [3.63, 3.8) is 0 Å². The van der Waals surface area contributed by atoms with Crippen LogP contribution in [0, 0.1) is 12.7 Å². The van der Waals surface area contributed by atoms with Gasteiger partial charge >= 0.3 is 0 Å². The largest absolute Gasteiger partial charge is 0.508 e. The van der Waals surface area contributed by atoms with Gasteiger partial charge in [0, 0.05) is 0 Å². The maximum Gasteiger partial charge on any atom is 0.293 e. The summed E-state index contributed by atoms with van der Waals surface area (Å²) in [5.41, 5.74) is 2.62. The van der Waals surface area contributed by atoms with Crippen LogP contribution in [0.3, 0.4) is 0 Å². The van der Waals surface area contributed by atoms with E-state index in [1.54, 1.807) is 24.3 Å². The standard InChI is InChI=1S/C21H17FO3S/c1-12-10-17(22)21-18(11-12)25-19(13-2-6-15(23)7-3-13)20(26-21)14-4-8-16(24)9-5-14/h2-11,19-20,23-24H,1H3/t19-,20+/m1/s1/i/hT. The molecule has 1 aliphatic rings. The number of benzene rings is 3. The zero-order valence-corrected chi connectivity index (χ0v) is 14.8. The van der Waals surface area contributed by atoms with Crippen LogP contribution in [0.25, 0.3) is 0 Å². The molecular weight excluding hydrogens is 351 g/mol. The number of aryl methyl sites for hydroxylation is 1. The monoisotopic (exact) mass is 370 g/mol. The molecule has 2 N–H and O–H groups in total. The summed E-state index contributed by atoms with van der Waals surface area (Å²) in [6.07, 6.45) is -0.355. The van der Waals surface area contributed by atoms with Crippen molar-refractivity contribution in [2.24, 2.45) is 0 Å². The van der Waals surface area contributed by atoms with Gasteiger partial charge in [-0.25, -0.2) is 4.39 Å². The van der Waals surface area contributed by atoms with Gasteiger partial charge in [-0.2, -0.15) is 0 Å². The third-order valence-electron chi connectivity index (χ3n) is 4.36. The van der Waals surface area contributed by atoms with Gasteiger partial charge in [0.1, 0.15) is 29.2 Å². The number of phenolic OH excluding ortho intramolecular Hbond substituents is 2. The fourth-order valence-electron chi connectivity index (χ4n) is 3.09. The summed E-state index contributed by atoms with van der Waals surface area (Å²) in [7, 11) is 0. The fourth-order valence-corrected chi connectivity index (χ4v) is 4.37. The van der Waals surface area contributed by atoms with Crippen LogP contribution in [0.15, 0.2) is 65.6 Å². The molecule has 132 valence electrons. The van der Waals surface area contributed by atoms with Crippen molar-refractivity contribution in [2.75, 3.05) is 0 Å². The predicted molar refractivity (Wildman–Crippen MR) is 99.3 cm³/mol. The third-order valence-corrected chi connectivity index (χ3v) is 5.76. The molecule has 0 bridgehead atoms. The summed E-state index contributed by atoms with van der Waals surface area (Å²) in [4.78, 5) is 0.487. The number of ether oxygens (including phenoxy) is 1. The van der Waals surface area contributed by atoms with Gasteiger partial charge in [-0.05, 0) is 60.0 Å². The number of fused-ring (bicyclic) bond motifs is 1. The van der Waals surface area contributed by atoms with Gasteiger partial charge < -0.3 is 15.0 Å². The zero-order chi connectivity index (χ0) is 19.0. The van der Waals surface area contributed by atoms with E-state index in [0.717, 1.165) is 16.7 Å². The van der Waals surface area contributed by atoms with E-state index in [9.17, 15) is 9.50 Å². The molecule has 0 aromatic heterocycles. The second-order valence-electron chi connectivity index (χ2n) is 6.31. The van der Waals surface area contributed by atoms with Gasteiger partial charge in [-0.15, -0.1) is 11.8 Å². The van der Waals surface area contributed by atoms with Gasteiger partial charge in [-0.3, -0.25) is 0 Å². The Bertz CT molecular complexity index is 960. The first kappa shape index (κ1) is 15.6. The number of thioether (sulfide) groups is 1. The van der Waals surface area contributed by atoms with Crippen LogP contribution in [0.4, 0.5) is 4.39 Å². The fraction of sp³-hybridized carbons (Fsp3) is 0.143. The highest BCUT2D eigenvalue weighted by Crippen LogP contribution is 2.54. The molecule has 0 fully saturated rings. The van der Waals surface area contributed by atoms with Crippen LogP contribution in [0.2, 0.25) is 0 Å². The number of rotatable bonds is 3. The first-order valence-corrected chi connectivity index (χ1v) is 9.08. The lowest BCUT2D eigenvalue weighted by Crippen LogP contribution is -2.20. The lowest BCUT2D eigenvalue weighted by Gasteiger charge is -2.34. The molecule has 5 heteroatoms. The SMILES string of the molecule is [3H]Oc1ccc([C@@H]2Sc3c(F)cc(C)cc3O[C@@H]2c2ccc(O)cc2)cc1. The average molecular weight is 370 g/mol. The van der Waals surface area contributed by atoms with E-state index < -0.39 is 0 Å². The Morgan fingerprint density at radius 1 is 1.00 bits per heavy atom. The highest BCUT2D eigenvalue weighted by Gasteiger charge is 2.35. The Morgan fingerprint density at radius 3 is 2.35 bits per heavy atom. The molecular formula is C21H17FO3S. The average Bonchev–Trinajstić information content (AvgIpc) is 2.68. The maximum atomic E-state index is 14.5. The van der Waals surface area contributed by atoms with E-state index in [2.05, 4.69) is 5.11 Å². The van der Waals surface area contributed by atoms with Gasteiger partial charge in [0.2, 0.25) is 0 Å². The van der Waals surface area contributed by atoms with Crippen LogP contribution in [0.5, 0.6) is 17.2 Å². The minimum atomic E-state index is -0.355. The molecule has 1 heterocycles. The van der Waals surface area contributed by atoms with Crippen LogP contribution < -0.4 is 4.74 Å². The predicted octanol–water partition coefficient (Wildman–Crippen LogP) is 5.51. The number of halogens is 1. The van der Waals surface area contributed by atoms with Gasteiger partial charge in [-0.1, -0.05) is 24.3 Å². The Labute approximate surface area is 156 Å². The molecule has 0 unspecified atom stereocenters.